The number of hydrogen-bond donors (Lipinski definition) is 2. The van der Waals surface area contributed by atoms with Gasteiger partial charge in [-0.1, -0.05) is 19.9 Å². The summed E-state index contributed by atoms with van der Waals surface area (Å²) < 4.78 is 11.1. The van der Waals surface area contributed by atoms with Crippen LogP contribution in [-0.2, 0) is 4.79 Å². The van der Waals surface area contributed by atoms with Crippen LogP contribution in [0.15, 0.2) is 45.5 Å². The van der Waals surface area contributed by atoms with Gasteiger partial charge in [-0.05, 0) is 58.6 Å². The standard InChI is InChI=1S/C19H23BrN2O4/c1-11(2)17(22-18(23)16-6-5-9-26-16)19(24)21-12(3)13-7-8-15(25-4)14(20)10-13/h5-12,17H,1-4H3,(H,21,24)(H,22,23). The number of benzene rings is 1. The highest BCUT2D eigenvalue weighted by molar-refractivity contribution is 9.10. The lowest BCUT2D eigenvalue weighted by molar-refractivity contribution is -0.124. The summed E-state index contributed by atoms with van der Waals surface area (Å²) in [6.45, 7) is 5.64. The van der Waals surface area contributed by atoms with E-state index >= 15 is 0 Å². The fraction of sp³-hybridized carbons (Fsp3) is 0.368. The number of methoxy groups -OCH3 is 1. The molecular weight excluding hydrogens is 400 g/mol. The van der Waals surface area contributed by atoms with Gasteiger partial charge in [0.05, 0.1) is 23.9 Å². The first kappa shape index (κ1) is 20.0. The van der Waals surface area contributed by atoms with E-state index in [-0.39, 0.29) is 23.6 Å². The lowest BCUT2D eigenvalue weighted by atomic mass is 10.0. The third-order valence-electron chi connectivity index (χ3n) is 4.02. The molecule has 0 fully saturated rings. The predicted octanol–water partition coefficient (Wildman–Crippen LogP) is 3.68. The van der Waals surface area contributed by atoms with E-state index in [0.29, 0.717) is 0 Å². The maximum absolute atomic E-state index is 12.7. The number of amides is 2. The fourth-order valence-electron chi connectivity index (χ4n) is 2.49. The molecule has 2 atom stereocenters. The van der Waals surface area contributed by atoms with Crippen molar-refractivity contribution in [1.29, 1.82) is 0 Å². The molecule has 0 radical (unpaired) electrons. The Morgan fingerprint density at radius 3 is 2.42 bits per heavy atom. The maximum atomic E-state index is 12.7. The summed E-state index contributed by atoms with van der Waals surface area (Å²) in [5, 5.41) is 5.68. The molecule has 0 spiro atoms. The largest absolute Gasteiger partial charge is 0.496 e. The van der Waals surface area contributed by atoms with Gasteiger partial charge in [0.25, 0.3) is 5.91 Å². The fourth-order valence-corrected chi connectivity index (χ4v) is 3.05. The average molecular weight is 423 g/mol. The van der Waals surface area contributed by atoms with Gasteiger partial charge in [-0.2, -0.15) is 0 Å². The second-order valence-electron chi connectivity index (χ2n) is 6.30. The van der Waals surface area contributed by atoms with Crippen molar-refractivity contribution in [3.8, 4) is 5.75 Å². The molecule has 0 saturated carbocycles. The number of carbonyl (C=O) groups excluding carboxylic acids is 2. The van der Waals surface area contributed by atoms with E-state index in [1.54, 1.807) is 19.2 Å². The molecule has 0 aliphatic rings. The zero-order valence-electron chi connectivity index (χ0n) is 15.2. The molecule has 6 nitrogen and oxygen atoms in total. The summed E-state index contributed by atoms with van der Waals surface area (Å²) >= 11 is 3.44. The van der Waals surface area contributed by atoms with Crippen molar-refractivity contribution in [3.63, 3.8) is 0 Å². The summed E-state index contributed by atoms with van der Waals surface area (Å²) in [7, 11) is 1.60. The van der Waals surface area contributed by atoms with Crippen molar-refractivity contribution in [2.75, 3.05) is 7.11 Å². The van der Waals surface area contributed by atoms with Gasteiger partial charge < -0.3 is 19.8 Å². The van der Waals surface area contributed by atoms with Gasteiger partial charge in [-0.25, -0.2) is 0 Å². The number of nitrogens with one attached hydrogen (secondary N) is 2. The van der Waals surface area contributed by atoms with Gasteiger partial charge in [-0.3, -0.25) is 9.59 Å². The molecule has 26 heavy (non-hydrogen) atoms. The zero-order chi connectivity index (χ0) is 19.3. The van der Waals surface area contributed by atoms with Crippen molar-refractivity contribution < 1.29 is 18.7 Å². The van der Waals surface area contributed by atoms with Crippen LogP contribution < -0.4 is 15.4 Å². The molecule has 0 aliphatic heterocycles. The van der Waals surface area contributed by atoms with Crippen LogP contribution in [-0.4, -0.2) is 25.0 Å². The van der Waals surface area contributed by atoms with E-state index in [1.165, 1.54) is 6.26 Å². The number of carbonyl (C=O) groups is 2. The molecule has 2 unspecified atom stereocenters. The lowest BCUT2D eigenvalue weighted by Gasteiger charge is -2.24. The van der Waals surface area contributed by atoms with Crippen molar-refractivity contribution in [2.45, 2.75) is 32.9 Å². The number of ether oxygens (including phenoxy) is 1. The molecule has 7 heteroatoms. The van der Waals surface area contributed by atoms with Crippen LogP contribution in [0.1, 0.15) is 42.9 Å². The minimum absolute atomic E-state index is 0.0799. The number of rotatable bonds is 7. The molecule has 1 aromatic carbocycles. The summed E-state index contributed by atoms with van der Waals surface area (Å²) in [5.74, 6) is 0.153. The van der Waals surface area contributed by atoms with Gasteiger partial charge >= 0.3 is 0 Å². The van der Waals surface area contributed by atoms with E-state index in [1.807, 2.05) is 39.0 Å². The monoisotopic (exact) mass is 422 g/mol. The minimum Gasteiger partial charge on any atom is -0.496 e. The second kappa shape index (κ2) is 8.89. The van der Waals surface area contributed by atoms with Crippen molar-refractivity contribution in [1.82, 2.24) is 10.6 Å². The Bertz CT molecular complexity index is 759. The number of hydrogen-bond acceptors (Lipinski definition) is 4. The van der Waals surface area contributed by atoms with E-state index in [9.17, 15) is 9.59 Å². The summed E-state index contributed by atoms with van der Waals surface area (Å²) in [6.07, 6.45) is 1.42. The van der Waals surface area contributed by atoms with E-state index in [0.717, 1.165) is 15.8 Å². The average Bonchev–Trinajstić information content (AvgIpc) is 3.13. The molecule has 2 N–H and O–H groups in total. The number of halogens is 1. The van der Waals surface area contributed by atoms with Gasteiger partial charge in [0.1, 0.15) is 11.8 Å². The molecule has 1 heterocycles. The topological polar surface area (TPSA) is 80.6 Å². The Morgan fingerprint density at radius 1 is 1.15 bits per heavy atom. The minimum atomic E-state index is -0.670. The van der Waals surface area contributed by atoms with E-state index in [4.69, 9.17) is 9.15 Å². The highest BCUT2D eigenvalue weighted by Gasteiger charge is 2.26. The van der Waals surface area contributed by atoms with Crippen LogP contribution in [0.4, 0.5) is 0 Å². The van der Waals surface area contributed by atoms with Crippen molar-refractivity contribution in [2.24, 2.45) is 5.92 Å². The third-order valence-corrected chi connectivity index (χ3v) is 4.64. The Hall–Kier alpha value is -2.28. The van der Waals surface area contributed by atoms with Crippen molar-refractivity contribution in [3.05, 3.63) is 52.4 Å². The van der Waals surface area contributed by atoms with Crippen molar-refractivity contribution >= 4 is 27.7 Å². The molecule has 140 valence electrons. The van der Waals surface area contributed by atoms with E-state index < -0.39 is 11.9 Å². The van der Waals surface area contributed by atoms with Gasteiger partial charge in [0.2, 0.25) is 5.91 Å². The van der Waals surface area contributed by atoms with E-state index in [2.05, 4.69) is 26.6 Å². The zero-order valence-corrected chi connectivity index (χ0v) is 16.8. The lowest BCUT2D eigenvalue weighted by Crippen LogP contribution is -2.50. The summed E-state index contributed by atoms with van der Waals surface area (Å²) in [6, 6.07) is 7.91. The highest BCUT2D eigenvalue weighted by atomic mass is 79.9. The van der Waals surface area contributed by atoms with Crippen LogP contribution >= 0.6 is 15.9 Å². The molecule has 2 aromatic rings. The SMILES string of the molecule is COc1ccc(C(C)NC(=O)C(NC(=O)c2ccco2)C(C)C)cc1Br. The van der Waals surface area contributed by atoms with Crippen LogP contribution in [0.25, 0.3) is 0 Å². The Labute approximate surface area is 161 Å². The molecule has 2 rings (SSSR count). The van der Waals surface area contributed by atoms with Crippen LogP contribution in [0, 0.1) is 5.92 Å². The Kier molecular flexibility index (Phi) is 6.85. The smallest absolute Gasteiger partial charge is 0.287 e. The quantitative estimate of drug-likeness (QED) is 0.712. The third kappa shape index (κ3) is 4.88. The van der Waals surface area contributed by atoms with Crippen LogP contribution in [0.2, 0.25) is 0 Å². The van der Waals surface area contributed by atoms with Crippen LogP contribution in [0.3, 0.4) is 0 Å². The predicted molar refractivity (Wildman–Crippen MR) is 102 cm³/mol. The highest BCUT2D eigenvalue weighted by Crippen LogP contribution is 2.28. The molecular formula is C19H23BrN2O4. The van der Waals surface area contributed by atoms with Gasteiger partial charge in [0, 0.05) is 0 Å². The molecule has 2 amide bonds. The first-order valence-corrected chi connectivity index (χ1v) is 9.11. The Balaban J connectivity index is 2.06. The molecule has 1 aromatic heterocycles. The van der Waals surface area contributed by atoms with Gasteiger partial charge in [-0.15, -0.1) is 0 Å². The number of furan rings is 1. The normalized spacial score (nSPS) is 13.2. The first-order valence-electron chi connectivity index (χ1n) is 8.31. The molecule has 0 aliphatic carbocycles. The van der Waals surface area contributed by atoms with Crippen LogP contribution in [0.5, 0.6) is 5.75 Å². The summed E-state index contributed by atoms with van der Waals surface area (Å²) in [5.41, 5.74) is 0.922. The van der Waals surface area contributed by atoms with Gasteiger partial charge in [0.15, 0.2) is 5.76 Å². The molecule has 0 bridgehead atoms. The first-order chi connectivity index (χ1) is 12.3. The Morgan fingerprint density at radius 2 is 1.88 bits per heavy atom. The summed E-state index contributed by atoms with van der Waals surface area (Å²) in [4.78, 5) is 24.9. The maximum Gasteiger partial charge on any atom is 0.287 e. The molecule has 0 saturated heterocycles. The second-order valence-corrected chi connectivity index (χ2v) is 7.15.